The molecule has 6 nitrogen and oxygen atoms in total. The van der Waals surface area contributed by atoms with E-state index in [1.807, 2.05) is 24.3 Å². The van der Waals surface area contributed by atoms with Crippen molar-refractivity contribution in [3.8, 4) is 11.5 Å². The molecule has 0 aromatic heterocycles. The third kappa shape index (κ3) is 3.22. The van der Waals surface area contributed by atoms with E-state index in [0.29, 0.717) is 13.2 Å². The molecule has 2 aromatic rings. The van der Waals surface area contributed by atoms with Crippen LogP contribution in [0.3, 0.4) is 0 Å². The van der Waals surface area contributed by atoms with Crippen LogP contribution in [0, 0.1) is 10.1 Å². The number of non-ortho nitro benzene ring substituents is 1. The third-order valence-corrected chi connectivity index (χ3v) is 3.22. The zero-order valence-corrected chi connectivity index (χ0v) is 11.7. The van der Waals surface area contributed by atoms with Crippen LogP contribution in [0.4, 0.5) is 5.69 Å². The normalized spacial score (nSPS) is 16.6. The second-order valence-electron chi connectivity index (χ2n) is 4.84. The number of nitro groups is 1. The van der Waals surface area contributed by atoms with Gasteiger partial charge >= 0.3 is 0 Å². The summed E-state index contributed by atoms with van der Waals surface area (Å²) < 4.78 is 11.4. The second-order valence-corrected chi connectivity index (χ2v) is 4.84. The topological polar surface area (TPSA) is 74.0 Å². The van der Waals surface area contributed by atoms with Gasteiger partial charge in [0.05, 0.1) is 11.5 Å². The average molecular weight is 298 g/mol. The lowest BCUT2D eigenvalue weighted by atomic mass is 10.2. The second kappa shape index (κ2) is 6.26. The molecule has 0 bridgehead atoms. The van der Waals surface area contributed by atoms with Crippen molar-refractivity contribution < 1.29 is 14.4 Å². The molecular formula is C16H14N2O4. The summed E-state index contributed by atoms with van der Waals surface area (Å²) in [7, 11) is 0. The van der Waals surface area contributed by atoms with E-state index in [-0.39, 0.29) is 11.8 Å². The smallest absolute Gasteiger partial charge is 0.269 e. The number of ether oxygens (including phenoxy) is 2. The van der Waals surface area contributed by atoms with Gasteiger partial charge in [0.1, 0.15) is 6.61 Å². The Kier molecular flexibility index (Phi) is 4.00. The van der Waals surface area contributed by atoms with Crippen LogP contribution in [-0.2, 0) is 0 Å². The lowest BCUT2D eigenvalue weighted by Gasteiger charge is -2.25. The summed E-state index contributed by atoms with van der Waals surface area (Å²) in [6.45, 7) is 0.917. The van der Waals surface area contributed by atoms with Gasteiger partial charge in [0, 0.05) is 18.3 Å². The molecule has 6 heteroatoms. The van der Waals surface area contributed by atoms with Gasteiger partial charge in [-0.3, -0.25) is 15.1 Å². The number of fused-ring (bicyclic) bond motifs is 1. The molecule has 0 spiro atoms. The van der Waals surface area contributed by atoms with Crippen LogP contribution < -0.4 is 9.47 Å². The molecule has 0 saturated heterocycles. The predicted octanol–water partition coefficient (Wildman–Crippen LogP) is 2.85. The van der Waals surface area contributed by atoms with Crippen LogP contribution in [0.15, 0.2) is 53.5 Å². The monoisotopic (exact) mass is 298 g/mol. The first kappa shape index (κ1) is 14.1. The van der Waals surface area contributed by atoms with Crippen LogP contribution >= 0.6 is 0 Å². The van der Waals surface area contributed by atoms with Crippen LogP contribution in [0.25, 0.3) is 0 Å². The SMILES string of the molecule is O=[N+]([O-])c1ccc(C=NC[C@@H]2COc3ccccc3O2)cc1. The molecule has 0 amide bonds. The molecular weight excluding hydrogens is 284 g/mol. The van der Waals surface area contributed by atoms with Crippen molar-refractivity contribution in [2.45, 2.75) is 6.10 Å². The molecule has 0 radical (unpaired) electrons. The van der Waals surface area contributed by atoms with Crippen molar-refractivity contribution in [3.05, 3.63) is 64.2 Å². The number of rotatable bonds is 4. The van der Waals surface area contributed by atoms with Gasteiger partial charge in [0.15, 0.2) is 17.6 Å². The Balaban J connectivity index is 1.58. The van der Waals surface area contributed by atoms with Crippen molar-refractivity contribution in [1.29, 1.82) is 0 Å². The number of hydrogen-bond donors (Lipinski definition) is 0. The molecule has 0 aliphatic carbocycles. The van der Waals surface area contributed by atoms with E-state index in [1.165, 1.54) is 12.1 Å². The molecule has 1 aliphatic heterocycles. The van der Waals surface area contributed by atoms with E-state index >= 15 is 0 Å². The minimum absolute atomic E-state index is 0.0674. The summed E-state index contributed by atoms with van der Waals surface area (Å²) in [5.41, 5.74) is 0.875. The van der Waals surface area contributed by atoms with Gasteiger partial charge in [-0.1, -0.05) is 12.1 Å². The number of aliphatic imine (C=N–C) groups is 1. The maximum absolute atomic E-state index is 10.6. The van der Waals surface area contributed by atoms with E-state index < -0.39 is 4.92 Å². The van der Waals surface area contributed by atoms with E-state index in [9.17, 15) is 10.1 Å². The molecule has 1 heterocycles. The summed E-state index contributed by atoms with van der Waals surface area (Å²) in [4.78, 5) is 14.5. The van der Waals surface area contributed by atoms with Crippen molar-refractivity contribution in [2.24, 2.45) is 4.99 Å². The van der Waals surface area contributed by atoms with Crippen LogP contribution in [-0.4, -0.2) is 30.4 Å². The molecule has 0 saturated carbocycles. The number of benzene rings is 2. The largest absolute Gasteiger partial charge is 0.486 e. The molecule has 1 atom stereocenters. The molecule has 0 fully saturated rings. The number of nitrogens with zero attached hydrogens (tertiary/aromatic N) is 2. The molecule has 112 valence electrons. The highest BCUT2D eigenvalue weighted by atomic mass is 16.6. The minimum atomic E-state index is -0.425. The molecule has 0 N–H and O–H groups in total. The van der Waals surface area contributed by atoms with Crippen molar-refractivity contribution in [2.75, 3.05) is 13.2 Å². The fourth-order valence-corrected chi connectivity index (χ4v) is 2.11. The summed E-state index contributed by atoms with van der Waals surface area (Å²) in [5, 5.41) is 10.6. The zero-order chi connectivity index (χ0) is 15.4. The van der Waals surface area contributed by atoms with E-state index in [2.05, 4.69) is 4.99 Å². The Hall–Kier alpha value is -2.89. The first-order chi connectivity index (χ1) is 10.7. The highest BCUT2D eigenvalue weighted by Crippen LogP contribution is 2.30. The van der Waals surface area contributed by atoms with Gasteiger partial charge in [-0.2, -0.15) is 0 Å². The first-order valence-corrected chi connectivity index (χ1v) is 6.85. The number of nitro benzene ring substituents is 1. The molecule has 3 rings (SSSR count). The molecule has 0 unspecified atom stereocenters. The highest BCUT2D eigenvalue weighted by Gasteiger charge is 2.19. The molecule has 22 heavy (non-hydrogen) atoms. The minimum Gasteiger partial charge on any atom is -0.486 e. The Bertz CT molecular complexity index is 698. The number of para-hydroxylation sites is 2. The fourth-order valence-electron chi connectivity index (χ4n) is 2.11. The van der Waals surface area contributed by atoms with Gasteiger partial charge in [-0.05, 0) is 29.8 Å². The van der Waals surface area contributed by atoms with Crippen LogP contribution in [0.2, 0.25) is 0 Å². The lowest BCUT2D eigenvalue weighted by molar-refractivity contribution is -0.384. The van der Waals surface area contributed by atoms with Crippen LogP contribution in [0.5, 0.6) is 11.5 Å². The molecule has 1 aliphatic rings. The summed E-state index contributed by atoms with van der Waals surface area (Å²) >= 11 is 0. The summed E-state index contributed by atoms with van der Waals surface area (Å²) in [6.07, 6.45) is 1.54. The van der Waals surface area contributed by atoms with Crippen molar-refractivity contribution >= 4 is 11.9 Å². The summed E-state index contributed by atoms with van der Waals surface area (Å²) in [6, 6.07) is 13.8. The van der Waals surface area contributed by atoms with Crippen LogP contribution in [0.1, 0.15) is 5.56 Å². The van der Waals surface area contributed by atoms with E-state index in [1.54, 1.807) is 18.3 Å². The van der Waals surface area contributed by atoms with Gasteiger partial charge in [-0.25, -0.2) is 0 Å². The van der Waals surface area contributed by atoms with E-state index in [4.69, 9.17) is 9.47 Å². The first-order valence-electron chi connectivity index (χ1n) is 6.85. The third-order valence-electron chi connectivity index (χ3n) is 3.22. The number of hydrogen-bond acceptors (Lipinski definition) is 5. The predicted molar refractivity (Wildman–Crippen MR) is 81.9 cm³/mol. The lowest BCUT2D eigenvalue weighted by Crippen LogP contribution is -2.31. The summed E-state index contributed by atoms with van der Waals surface area (Å²) in [5.74, 6) is 1.47. The fraction of sp³-hybridized carbons (Fsp3) is 0.188. The highest BCUT2D eigenvalue weighted by molar-refractivity contribution is 5.79. The Morgan fingerprint density at radius 3 is 2.64 bits per heavy atom. The quantitative estimate of drug-likeness (QED) is 0.494. The zero-order valence-electron chi connectivity index (χ0n) is 11.7. The van der Waals surface area contributed by atoms with Gasteiger partial charge in [0.25, 0.3) is 5.69 Å². The van der Waals surface area contributed by atoms with Gasteiger partial charge < -0.3 is 9.47 Å². The Morgan fingerprint density at radius 1 is 1.18 bits per heavy atom. The maximum atomic E-state index is 10.6. The maximum Gasteiger partial charge on any atom is 0.269 e. The Morgan fingerprint density at radius 2 is 1.91 bits per heavy atom. The van der Waals surface area contributed by atoms with Crippen molar-refractivity contribution in [1.82, 2.24) is 0 Å². The average Bonchev–Trinajstić information content (AvgIpc) is 2.55. The Labute approximate surface area is 127 Å². The van der Waals surface area contributed by atoms with Crippen molar-refractivity contribution in [3.63, 3.8) is 0 Å². The van der Waals surface area contributed by atoms with Gasteiger partial charge in [0.2, 0.25) is 0 Å². The van der Waals surface area contributed by atoms with Gasteiger partial charge in [-0.15, -0.1) is 0 Å². The van der Waals surface area contributed by atoms with E-state index in [0.717, 1.165) is 17.1 Å². The standard InChI is InChI=1S/C16H14N2O4/c19-18(20)13-7-5-12(6-8-13)9-17-10-14-11-21-15-3-1-2-4-16(15)22-14/h1-9,14H,10-11H2/t14-/m1/s1. The molecule has 2 aromatic carbocycles.